The van der Waals surface area contributed by atoms with Gasteiger partial charge in [-0.05, 0) is 48.8 Å². The maximum Gasteiger partial charge on any atom is 0.380 e. The quantitative estimate of drug-likeness (QED) is 0.110. The van der Waals surface area contributed by atoms with Gasteiger partial charge in [0.05, 0.1) is 30.7 Å². The molecule has 15 heteroatoms. The molecular formula is C34H49N6O8P. The number of aromatic nitrogens is 4. The summed E-state index contributed by atoms with van der Waals surface area (Å²) in [7, 11) is -4.00. The van der Waals surface area contributed by atoms with E-state index in [1.165, 1.54) is 6.33 Å². The van der Waals surface area contributed by atoms with Crippen molar-refractivity contribution in [2.45, 2.75) is 72.8 Å². The van der Waals surface area contributed by atoms with E-state index in [0.29, 0.717) is 18.8 Å². The fraction of sp³-hybridized carbons (Fsp3) is 0.559. The maximum atomic E-state index is 14.4. The van der Waals surface area contributed by atoms with E-state index < -0.39 is 42.5 Å². The molecule has 0 bridgehead atoms. The van der Waals surface area contributed by atoms with E-state index in [2.05, 4.69) is 28.8 Å². The summed E-state index contributed by atoms with van der Waals surface area (Å²) in [6, 6.07) is 7.73. The first-order valence-electron chi connectivity index (χ1n) is 16.8. The number of nitrogens with zero attached hydrogens (tertiary/aromatic N) is 3. The number of rotatable bonds is 19. The number of aromatic amines is 1. The number of para-hydroxylation sites is 1. The summed E-state index contributed by atoms with van der Waals surface area (Å²) in [6.07, 6.45) is 7.15. The number of hydrogen-bond acceptors (Lipinski definition) is 12. The Morgan fingerprint density at radius 3 is 2.43 bits per heavy atom. The normalized spacial score (nSPS) is 19.1. The number of fused-ring (bicyclic) bond motifs is 1. The van der Waals surface area contributed by atoms with Crippen LogP contribution >= 0.6 is 7.60 Å². The van der Waals surface area contributed by atoms with Crippen molar-refractivity contribution in [3.05, 3.63) is 52.6 Å². The standard InChI is InChI=1S/C34H49N6O8P/c1-6-11-24(12-7-2)17-45-31(42)23(5)18-49(44,48-26-13-9-8-10-14-26)47-20-34(19-46-32(43)27(35)22(3)4)15-25(34)16-40-21-37-28-29(40)38-33(36)39-30(28)41/h8-10,13-14,16,21-24,27H,6-7,11-12,15,17-20,35H2,1-5H3,(H3,36,38,39,41)/b25-16-/t23-,27+,34+,49+/m1/s1. The predicted molar refractivity (Wildman–Crippen MR) is 187 cm³/mol. The summed E-state index contributed by atoms with van der Waals surface area (Å²) >= 11 is 0. The third kappa shape index (κ3) is 10.0. The number of carbonyl (C=O) groups excluding carboxylic acids is 2. The van der Waals surface area contributed by atoms with Gasteiger partial charge in [-0.1, -0.05) is 65.7 Å². The molecule has 5 N–H and O–H groups in total. The molecule has 268 valence electrons. The van der Waals surface area contributed by atoms with Gasteiger partial charge in [0.15, 0.2) is 11.2 Å². The molecule has 0 radical (unpaired) electrons. The highest BCUT2D eigenvalue weighted by molar-refractivity contribution is 7.54. The second kappa shape index (κ2) is 16.6. The second-order valence-electron chi connectivity index (χ2n) is 13.2. The van der Waals surface area contributed by atoms with E-state index in [-0.39, 0.29) is 48.3 Å². The molecule has 3 aromatic rings. The number of H-pyrrole nitrogens is 1. The molecule has 1 aliphatic rings. The van der Waals surface area contributed by atoms with Gasteiger partial charge >= 0.3 is 19.5 Å². The van der Waals surface area contributed by atoms with Crippen LogP contribution in [0.15, 0.2) is 47.0 Å². The predicted octanol–water partition coefficient (Wildman–Crippen LogP) is 5.14. The smallest absolute Gasteiger partial charge is 0.380 e. The molecule has 0 saturated heterocycles. The molecule has 49 heavy (non-hydrogen) atoms. The van der Waals surface area contributed by atoms with Crippen molar-refractivity contribution < 1.29 is 32.7 Å². The first-order chi connectivity index (χ1) is 23.3. The largest absolute Gasteiger partial charge is 0.465 e. The van der Waals surface area contributed by atoms with Crippen LogP contribution in [0.25, 0.3) is 17.4 Å². The molecule has 0 unspecified atom stereocenters. The number of ether oxygens (including phenoxy) is 2. The van der Waals surface area contributed by atoms with Crippen molar-refractivity contribution in [1.82, 2.24) is 19.5 Å². The Kier molecular flexibility index (Phi) is 12.8. The monoisotopic (exact) mass is 700 g/mol. The molecule has 4 atom stereocenters. The molecular weight excluding hydrogens is 651 g/mol. The number of nitrogens with one attached hydrogen (secondary N) is 1. The van der Waals surface area contributed by atoms with Gasteiger partial charge in [-0.15, -0.1) is 0 Å². The van der Waals surface area contributed by atoms with E-state index in [9.17, 15) is 18.9 Å². The number of imidazole rings is 1. The van der Waals surface area contributed by atoms with Crippen LogP contribution in [-0.4, -0.2) is 63.5 Å². The fourth-order valence-corrected chi connectivity index (χ4v) is 7.41. The Morgan fingerprint density at radius 2 is 1.78 bits per heavy atom. The molecule has 1 saturated carbocycles. The number of nitrogen functional groups attached to an aromatic ring is 1. The van der Waals surface area contributed by atoms with Crippen LogP contribution in [0.4, 0.5) is 5.95 Å². The summed E-state index contributed by atoms with van der Waals surface area (Å²) in [6.45, 7) is 9.46. The number of esters is 2. The molecule has 1 fully saturated rings. The Bertz CT molecular complexity index is 1720. The van der Waals surface area contributed by atoms with Crippen LogP contribution < -0.4 is 21.6 Å². The average molecular weight is 701 g/mol. The molecule has 0 aliphatic heterocycles. The van der Waals surface area contributed by atoms with Gasteiger partial charge in [0.2, 0.25) is 5.95 Å². The van der Waals surface area contributed by atoms with Crippen LogP contribution in [0.5, 0.6) is 5.75 Å². The van der Waals surface area contributed by atoms with E-state index in [0.717, 1.165) is 31.3 Å². The van der Waals surface area contributed by atoms with Crippen LogP contribution in [-0.2, 0) is 28.2 Å². The van der Waals surface area contributed by atoms with Crippen molar-refractivity contribution >= 4 is 42.8 Å². The SMILES string of the molecule is CCCC(CCC)COC(=O)[C@H](C)C[P@](=O)(OC[C@@]1(COC(=O)[C@@H](N)C(C)C)C/C1=C/n1cnc2c(=O)[nH]c(N)nc21)Oc1ccccc1. The summed E-state index contributed by atoms with van der Waals surface area (Å²) in [5.74, 6) is -1.51. The van der Waals surface area contributed by atoms with E-state index in [4.69, 9.17) is 30.0 Å². The van der Waals surface area contributed by atoms with Crippen molar-refractivity contribution in [1.29, 1.82) is 0 Å². The average Bonchev–Trinajstić information content (AvgIpc) is 3.59. The zero-order valence-electron chi connectivity index (χ0n) is 28.9. The molecule has 2 heterocycles. The van der Waals surface area contributed by atoms with Gasteiger partial charge < -0.3 is 25.5 Å². The first-order valence-corrected chi connectivity index (χ1v) is 18.5. The summed E-state index contributed by atoms with van der Waals surface area (Å²) in [5.41, 5.74) is 11.5. The Labute approximate surface area is 286 Å². The van der Waals surface area contributed by atoms with Gasteiger partial charge in [-0.25, -0.2) is 9.55 Å². The van der Waals surface area contributed by atoms with Crippen LogP contribution in [0, 0.1) is 23.2 Å². The van der Waals surface area contributed by atoms with Gasteiger partial charge in [-0.2, -0.15) is 4.98 Å². The van der Waals surface area contributed by atoms with Crippen molar-refractivity contribution in [3.8, 4) is 5.75 Å². The van der Waals surface area contributed by atoms with Gasteiger partial charge in [0, 0.05) is 6.20 Å². The molecule has 14 nitrogen and oxygen atoms in total. The van der Waals surface area contributed by atoms with Gasteiger partial charge in [0.1, 0.15) is 24.7 Å². The van der Waals surface area contributed by atoms with E-state index >= 15 is 0 Å². The lowest BCUT2D eigenvalue weighted by molar-refractivity contribution is -0.149. The fourth-order valence-electron chi connectivity index (χ4n) is 5.48. The van der Waals surface area contributed by atoms with Crippen LogP contribution in [0.2, 0.25) is 0 Å². The number of hydrogen-bond donors (Lipinski definition) is 3. The van der Waals surface area contributed by atoms with E-state index in [1.54, 1.807) is 48.0 Å². The Balaban J connectivity index is 1.58. The number of benzene rings is 1. The molecule has 1 aliphatic carbocycles. The molecule has 0 spiro atoms. The third-order valence-electron chi connectivity index (χ3n) is 8.59. The molecule has 0 amide bonds. The lowest BCUT2D eigenvalue weighted by Crippen LogP contribution is -2.38. The molecule has 2 aromatic heterocycles. The van der Waals surface area contributed by atoms with Crippen molar-refractivity contribution in [3.63, 3.8) is 0 Å². The van der Waals surface area contributed by atoms with Crippen LogP contribution in [0.3, 0.4) is 0 Å². The van der Waals surface area contributed by atoms with E-state index in [1.807, 2.05) is 13.8 Å². The lowest BCUT2D eigenvalue weighted by atomic mass is 9.99. The third-order valence-corrected chi connectivity index (χ3v) is 10.6. The van der Waals surface area contributed by atoms with Gasteiger partial charge in [0.25, 0.3) is 5.56 Å². The highest BCUT2D eigenvalue weighted by Crippen LogP contribution is 2.58. The Morgan fingerprint density at radius 1 is 1.08 bits per heavy atom. The minimum absolute atomic E-state index is 0.0717. The van der Waals surface area contributed by atoms with Crippen LogP contribution in [0.1, 0.15) is 66.7 Å². The topological polar surface area (TPSA) is 204 Å². The zero-order chi connectivity index (χ0) is 35.8. The highest BCUT2D eigenvalue weighted by atomic mass is 31.2. The maximum absolute atomic E-state index is 14.4. The zero-order valence-corrected chi connectivity index (χ0v) is 29.8. The first kappa shape index (κ1) is 37.8. The lowest BCUT2D eigenvalue weighted by Gasteiger charge is -2.25. The van der Waals surface area contributed by atoms with Gasteiger partial charge in [-0.3, -0.25) is 28.5 Å². The number of carbonyl (C=O) groups is 2. The highest BCUT2D eigenvalue weighted by Gasteiger charge is 2.52. The van der Waals surface area contributed by atoms with Crippen molar-refractivity contribution in [2.24, 2.45) is 28.9 Å². The summed E-state index contributed by atoms with van der Waals surface area (Å²) in [5, 5.41) is 0. The minimum atomic E-state index is -4.00. The number of nitrogens with two attached hydrogens (primary N) is 2. The van der Waals surface area contributed by atoms with Crippen molar-refractivity contribution in [2.75, 3.05) is 31.7 Å². The second-order valence-corrected chi connectivity index (χ2v) is 15.2. The Hall–Kier alpha value is -4.00. The summed E-state index contributed by atoms with van der Waals surface area (Å²) in [4.78, 5) is 49.0. The minimum Gasteiger partial charge on any atom is -0.465 e. The summed E-state index contributed by atoms with van der Waals surface area (Å²) < 4.78 is 39.4. The molecule has 1 aromatic carbocycles. The number of anilines is 1. The molecule has 4 rings (SSSR count).